The number of ether oxygens (including phenoxy) is 2. The van der Waals surface area contributed by atoms with Gasteiger partial charge in [-0.3, -0.25) is 0 Å². The molecule has 0 unspecified atom stereocenters. The van der Waals surface area contributed by atoms with Crippen molar-refractivity contribution in [2.75, 3.05) is 33.9 Å². The Balaban J connectivity index is 2.54. The van der Waals surface area contributed by atoms with Crippen LogP contribution in [0.25, 0.3) is 0 Å². The molecule has 0 amide bonds. The molecule has 0 spiro atoms. The van der Waals surface area contributed by atoms with Gasteiger partial charge in [0.15, 0.2) is 0 Å². The first-order valence-corrected chi connectivity index (χ1v) is 7.30. The molecule has 1 aromatic rings. The number of rotatable bonds is 8. The number of hydrogen-bond donors (Lipinski definition) is 1. The third-order valence-electron chi connectivity index (χ3n) is 2.99. The predicted molar refractivity (Wildman–Crippen MR) is 82.9 cm³/mol. The molecule has 0 saturated heterocycles. The molecule has 0 saturated carbocycles. The second-order valence-corrected chi connectivity index (χ2v) is 6.33. The molecule has 19 heavy (non-hydrogen) atoms. The van der Waals surface area contributed by atoms with Crippen LogP contribution in [-0.4, -0.2) is 33.9 Å². The molecule has 3 nitrogen and oxygen atoms in total. The summed E-state index contributed by atoms with van der Waals surface area (Å²) in [5.41, 5.74) is 1.52. The molecule has 108 valence electrons. The van der Waals surface area contributed by atoms with Crippen molar-refractivity contribution in [3.05, 3.63) is 28.2 Å². The van der Waals surface area contributed by atoms with Gasteiger partial charge in [0, 0.05) is 20.2 Å². The molecule has 1 aromatic carbocycles. The fourth-order valence-electron chi connectivity index (χ4n) is 2.04. The first-order chi connectivity index (χ1) is 8.98. The van der Waals surface area contributed by atoms with E-state index in [1.165, 1.54) is 5.56 Å². The average Bonchev–Trinajstić information content (AvgIpc) is 2.34. The minimum Gasteiger partial charge on any atom is -0.496 e. The lowest BCUT2D eigenvalue weighted by Gasteiger charge is -2.25. The Morgan fingerprint density at radius 3 is 2.58 bits per heavy atom. The summed E-state index contributed by atoms with van der Waals surface area (Å²) in [5, 5.41) is 3.42. The van der Waals surface area contributed by atoms with E-state index < -0.39 is 0 Å². The first-order valence-electron chi connectivity index (χ1n) is 6.50. The fraction of sp³-hybridized carbons (Fsp3) is 0.600. The van der Waals surface area contributed by atoms with E-state index in [4.69, 9.17) is 9.47 Å². The lowest BCUT2D eigenvalue weighted by atomic mass is 9.85. The first kappa shape index (κ1) is 16.5. The van der Waals surface area contributed by atoms with Gasteiger partial charge in [-0.15, -0.1) is 0 Å². The lowest BCUT2D eigenvalue weighted by molar-refractivity contribution is 0.194. The molecular weight excluding hydrogens is 306 g/mol. The van der Waals surface area contributed by atoms with E-state index in [0.717, 1.165) is 36.3 Å². The van der Waals surface area contributed by atoms with Gasteiger partial charge in [0.1, 0.15) is 5.75 Å². The van der Waals surface area contributed by atoms with Gasteiger partial charge in [0.05, 0.1) is 18.2 Å². The normalized spacial score (nSPS) is 11.6. The van der Waals surface area contributed by atoms with E-state index in [1.807, 2.05) is 6.07 Å². The van der Waals surface area contributed by atoms with Gasteiger partial charge < -0.3 is 14.8 Å². The van der Waals surface area contributed by atoms with Crippen molar-refractivity contribution in [2.45, 2.75) is 20.3 Å². The van der Waals surface area contributed by atoms with Gasteiger partial charge in [-0.05, 0) is 45.5 Å². The Kier molecular flexibility index (Phi) is 6.83. The van der Waals surface area contributed by atoms with Crippen molar-refractivity contribution in [3.8, 4) is 5.75 Å². The summed E-state index contributed by atoms with van der Waals surface area (Å²) >= 11 is 3.53. The molecule has 0 heterocycles. The summed E-state index contributed by atoms with van der Waals surface area (Å²) in [4.78, 5) is 0. The number of benzene rings is 1. The van der Waals surface area contributed by atoms with Crippen molar-refractivity contribution >= 4 is 15.9 Å². The monoisotopic (exact) mass is 329 g/mol. The predicted octanol–water partition coefficient (Wildman–Crippen LogP) is 3.26. The Morgan fingerprint density at radius 2 is 2.00 bits per heavy atom. The second kappa shape index (κ2) is 7.88. The third-order valence-corrected chi connectivity index (χ3v) is 3.61. The average molecular weight is 330 g/mol. The van der Waals surface area contributed by atoms with Gasteiger partial charge >= 0.3 is 0 Å². The van der Waals surface area contributed by atoms with Crippen LogP contribution in [-0.2, 0) is 11.2 Å². The van der Waals surface area contributed by atoms with Crippen LogP contribution in [0.1, 0.15) is 19.4 Å². The molecule has 0 bridgehead atoms. The zero-order chi connectivity index (χ0) is 14.3. The Labute approximate surface area is 124 Å². The topological polar surface area (TPSA) is 30.5 Å². The highest BCUT2D eigenvalue weighted by molar-refractivity contribution is 9.10. The smallest absolute Gasteiger partial charge is 0.133 e. The van der Waals surface area contributed by atoms with Crippen LogP contribution >= 0.6 is 15.9 Å². The zero-order valence-corrected chi connectivity index (χ0v) is 13.8. The summed E-state index contributed by atoms with van der Waals surface area (Å²) in [6.45, 7) is 7.16. The molecule has 0 radical (unpaired) electrons. The summed E-state index contributed by atoms with van der Waals surface area (Å²) in [7, 11) is 3.41. The van der Waals surface area contributed by atoms with Crippen LogP contribution in [0.15, 0.2) is 22.7 Å². The standard InChI is InChI=1S/C15H24BrNO2/c1-15(2,11-17-7-8-18-3)10-12-5-6-14(19-4)13(16)9-12/h5-6,9,17H,7-8,10-11H2,1-4H3. The SMILES string of the molecule is COCCNCC(C)(C)Cc1ccc(OC)c(Br)c1. The summed E-state index contributed by atoms with van der Waals surface area (Å²) in [5.74, 6) is 0.875. The van der Waals surface area contributed by atoms with E-state index in [-0.39, 0.29) is 5.41 Å². The maximum atomic E-state index is 5.25. The minimum atomic E-state index is 0.210. The molecule has 0 aliphatic heterocycles. The highest BCUT2D eigenvalue weighted by Gasteiger charge is 2.18. The molecule has 4 heteroatoms. The van der Waals surface area contributed by atoms with Crippen LogP contribution in [0.3, 0.4) is 0 Å². The van der Waals surface area contributed by atoms with Gasteiger partial charge in [0.2, 0.25) is 0 Å². The minimum absolute atomic E-state index is 0.210. The van der Waals surface area contributed by atoms with Crippen LogP contribution in [0.4, 0.5) is 0 Å². The Hall–Kier alpha value is -0.580. The number of methoxy groups -OCH3 is 2. The maximum Gasteiger partial charge on any atom is 0.133 e. The number of hydrogen-bond acceptors (Lipinski definition) is 3. The molecule has 1 rings (SSSR count). The van der Waals surface area contributed by atoms with Gasteiger partial charge in [-0.2, -0.15) is 0 Å². The summed E-state index contributed by atoms with van der Waals surface area (Å²) in [6, 6.07) is 6.27. The second-order valence-electron chi connectivity index (χ2n) is 5.48. The summed E-state index contributed by atoms with van der Waals surface area (Å²) in [6.07, 6.45) is 1.02. The molecule has 0 aromatic heterocycles. The van der Waals surface area contributed by atoms with E-state index in [2.05, 4.69) is 47.2 Å². The zero-order valence-electron chi connectivity index (χ0n) is 12.3. The molecule has 0 aliphatic rings. The van der Waals surface area contributed by atoms with E-state index >= 15 is 0 Å². The van der Waals surface area contributed by atoms with Crippen LogP contribution < -0.4 is 10.1 Å². The van der Waals surface area contributed by atoms with Crippen molar-refractivity contribution in [1.29, 1.82) is 0 Å². The molecule has 0 fully saturated rings. The fourth-order valence-corrected chi connectivity index (χ4v) is 2.62. The largest absolute Gasteiger partial charge is 0.496 e. The van der Waals surface area contributed by atoms with E-state index in [9.17, 15) is 0 Å². The summed E-state index contributed by atoms with van der Waals surface area (Å²) < 4.78 is 11.3. The highest BCUT2D eigenvalue weighted by Crippen LogP contribution is 2.28. The quantitative estimate of drug-likeness (QED) is 0.742. The van der Waals surface area contributed by atoms with Crippen molar-refractivity contribution in [1.82, 2.24) is 5.32 Å². The Morgan fingerprint density at radius 1 is 1.26 bits per heavy atom. The molecule has 0 aliphatic carbocycles. The van der Waals surface area contributed by atoms with E-state index in [1.54, 1.807) is 14.2 Å². The molecular formula is C15H24BrNO2. The van der Waals surface area contributed by atoms with Crippen molar-refractivity contribution < 1.29 is 9.47 Å². The maximum absolute atomic E-state index is 5.25. The van der Waals surface area contributed by atoms with Crippen LogP contribution in [0.2, 0.25) is 0 Å². The van der Waals surface area contributed by atoms with Crippen LogP contribution in [0.5, 0.6) is 5.75 Å². The highest BCUT2D eigenvalue weighted by atomic mass is 79.9. The lowest BCUT2D eigenvalue weighted by Crippen LogP contribution is -2.33. The van der Waals surface area contributed by atoms with Gasteiger partial charge in [-0.1, -0.05) is 19.9 Å². The molecule has 1 N–H and O–H groups in total. The van der Waals surface area contributed by atoms with Gasteiger partial charge in [0.25, 0.3) is 0 Å². The van der Waals surface area contributed by atoms with Crippen molar-refractivity contribution in [3.63, 3.8) is 0 Å². The van der Waals surface area contributed by atoms with Crippen molar-refractivity contribution in [2.24, 2.45) is 5.41 Å². The third kappa shape index (κ3) is 5.93. The van der Waals surface area contributed by atoms with E-state index in [0.29, 0.717) is 0 Å². The number of halogens is 1. The Bertz CT molecular complexity index is 394. The number of nitrogens with one attached hydrogen (secondary N) is 1. The van der Waals surface area contributed by atoms with Crippen LogP contribution in [0, 0.1) is 5.41 Å². The molecule has 0 atom stereocenters. The van der Waals surface area contributed by atoms with Gasteiger partial charge in [-0.25, -0.2) is 0 Å².